The van der Waals surface area contributed by atoms with Gasteiger partial charge in [-0.1, -0.05) is 24.6 Å². The van der Waals surface area contributed by atoms with Gasteiger partial charge in [0.15, 0.2) is 5.69 Å². The lowest BCUT2D eigenvalue weighted by Gasteiger charge is -2.33. The van der Waals surface area contributed by atoms with E-state index in [4.69, 9.17) is 0 Å². The summed E-state index contributed by atoms with van der Waals surface area (Å²) in [6.07, 6.45) is 3.76. The van der Waals surface area contributed by atoms with Crippen LogP contribution in [0.1, 0.15) is 41.9 Å². The second kappa shape index (κ2) is 6.31. The molecule has 7 nitrogen and oxygen atoms in total. The van der Waals surface area contributed by atoms with E-state index in [9.17, 15) is 9.59 Å². The van der Waals surface area contributed by atoms with Crippen molar-refractivity contribution >= 4 is 11.8 Å². The molecule has 130 valence electrons. The molecule has 1 saturated carbocycles. The molecule has 2 aliphatic rings. The van der Waals surface area contributed by atoms with E-state index in [1.54, 1.807) is 16.9 Å². The number of carbonyl (C=O) groups is 2. The number of para-hydroxylation sites is 1. The monoisotopic (exact) mass is 339 g/mol. The Bertz CT molecular complexity index is 797. The van der Waals surface area contributed by atoms with Crippen LogP contribution in [0.3, 0.4) is 0 Å². The molecule has 1 saturated heterocycles. The van der Waals surface area contributed by atoms with Crippen molar-refractivity contribution < 1.29 is 9.59 Å². The Kier molecular flexibility index (Phi) is 3.99. The van der Waals surface area contributed by atoms with Crippen molar-refractivity contribution in [2.75, 3.05) is 13.1 Å². The summed E-state index contributed by atoms with van der Waals surface area (Å²) >= 11 is 0. The molecule has 0 unspecified atom stereocenters. The number of benzene rings is 1. The van der Waals surface area contributed by atoms with Crippen LogP contribution in [-0.4, -0.2) is 49.9 Å². The van der Waals surface area contributed by atoms with Crippen molar-refractivity contribution in [2.24, 2.45) is 5.92 Å². The van der Waals surface area contributed by atoms with E-state index in [1.165, 1.54) is 4.80 Å². The van der Waals surface area contributed by atoms with E-state index >= 15 is 0 Å². The van der Waals surface area contributed by atoms with Crippen molar-refractivity contribution in [3.63, 3.8) is 0 Å². The lowest BCUT2D eigenvalue weighted by atomic mass is 9.84. The highest BCUT2D eigenvalue weighted by atomic mass is 16.2. The molecular weight excluding hydrogens is 318 g/mol. The Hall–Kier alpha value is -2.70. The van der Waals surface area contributed by atoms with Gasteiger partial charge < -0.3 is 0 Å². The zero-order valence-electron chi connectivity index (χ0n) is 14.3. The van der Waals surface area contributed by atoms with Gasteiger partial charge in [0.1, 0.15) is 0 Å². The molecule has 1 aliphatic heterocycles. The van der Waals surface area contributed by atoms with Crippen molar-refractivity contribution in [2.45, 2.75) is 32.6 Å². The highest BCUT2D eigenvalue weighted by Gasteiger charge is 2.38. The minimum atomic E-state index is -0.246. The number of hydrogen-bond donors (Lipinski definition) is 0. The highest BCUT2D eigenvalue weighted by molar-refractivity contribution is 5.95. The Morgan fingerprint density at radius 1 is 1.00 bits per heavy atom. The van der Waals surface area contributed by atoms with Crippen LogP contribution in [0.5, 0.6) is 0 Å². The van der Waals surface area contributed by atoms with Gasteiger partial charge >= 0.3 is 0 Å². The standard InChI is InChI=1S/C18H21N5O2/c1-13-16(20-23(19-13)15-9-3-2-4-10-15)18(25)22-12-6-11-21(22)17(24)14-7-5-8-14/h2-4,9-10,14H,5-8,11-12H2,1H3. The van der Waals surface area contributed by atoms with E-state index in [0.717, 1.165) is 31.4 Å². The fourth-order valence-electron chi connectivity index (χ4n) is 3.29. The SMILES string of the molecule is Cc1nn(-c2ccccc2)nc1C(=O)N1CCCN1C(=O)C1CCC1. The third-order valence-electron chi connectivity index (χ3n) is 4.95. The number of hydrazine groups is 1. The summed E-state index contributed by atoms with van der Waals surface area (Å²) in [5.41, 5.74) is 1.67. The first-order valence-corrected chi connectivity index (χ1v) is 8.77. The molecule has 0 N–H and O–H groups in total. The van der Waals surface area contributed by atoms with Gasteiger partial charge in [0, 0.05) is 19.0 Å². The van der Waals surface area contributed by atoms with E-state index in [-0.39, 0.29) is 17.7 Å². The van der Waals surface area contributed by atoms with Gasteiger partial charge in [-0.15, -0.1) is 5.10 Å². The molecular formula is C18H21N5O2. The average Bonchev–Trinajstić information content (AvgIpc) is 3.20. The van der Waals surface area contributed by atoms with Gasteiger partial charge in [0.25, 0.3) is 5.91 Å². The number of carbonyl (C=O) groups excluding carboxylic acids is 2. The number of nitrogens with zero attached hydrogens (tertiary/aromatic N) is 5. The van der Waals surface area contributed by atoms with Crippen LogP contribution in [0.4, 0.5) is 0 Å². The number of hydrogen-bond acceptors (Lipinski definition) is 4. The van der Waals surface area contributed by atoms with E-state index in [0.29, 0.717) is 24.5 Å². The molecule has 25 heavy (non-hydrogen) atoms. The van der Waals surface area contributed by atoms with Crippen LogP contribution < -0.4 is 0 Å². The quantitative estimate of drug-likeness (QED) is 0.857. The smallest absolute Gasteiger partial charge is 0.273 e. The van der Waals surface area contributed by atoms with Crippen LogP contribution in [0.25, 0.3) is 5.69 Å². The second-order valence-corrected chi connectivity index (χ2v) is 6.63. The third kappa shape index (κ3) is 2.79. The number of aromatic nitrogens is 3. The molecule has 7 heteroatoms. The largest absolute Gasteiger partial charge is 0.294 e. The van der Waals surface area contributed by atoms with Gasteiger partial charge in [-0.25, -0.2) is 5.01 Å². The fourth-order valence-corrected chi connectivity index (χ4v) is 3.29. The van der Waals surface area contributed by atoms with E-state index < -0.39 is 0 Å². The van der Waals surface area contributed by atoms with Crippen molar-refractivity contribution in [1.82, 2.24) is 25.0 Å². The number of aryl methyl sites for hydroxylation is 1. The minimum Gasteiger partial charge on any atom is -0.273 e. The van der Waals surface area contributed by atoms with Gasteiger partial charge in [0.2, 0.25) is 5.91 Å². The molecule has 2 amide bonds. The van der Waals surface area contributed by atoms with E-state index in [2.05, 4.69) is 10.2 Å². The maximum Gasteiger partial charge on any atom is 0.294 e. The average molecular weight is 339 g/mol. The fraction of sp³-hybridized carbons (Fsp3) is 0.444. The maximum absolute atomic E-state index is 13.0. The lowest BCUT2D eigenvalue weighted by molar-refractivity contribution is -0.147. The molecule has 0 spiro atoms. The number of rotatable bonds is 3. The van der Waals surface area contributed by atoms with Crippen LogP contribution >= 0.6 is 0 Å². The van der Waals surface area contributed by atoms with Gasteiger partial charge in [-0.05, 0) is 38.3 Å². The zero-order valence-corrected chi connectivity index (χ0v) is 14.3. The minimum absolute atomic E-state index is 0.0743. The summed E-state index contributed by atoms with van der Waals surface area (Å²) in [5, 5.41) is 11.9. The molecule has 1 aromatic heterocycles. The first kappa shape index (κ1) is 15.8. The first-order valence-electron chi connectivity index (χ1n) is 8.77. The normalized spacial score (nSPS) is 17.6. The summed E-state index contributed by atoms with van der Waals surface area (Å²) in [4.78, 5) is 27.0. The Morgan fingerprint density at radius 2 is 1.72 bits per heavy atom. The molecule has 1 aromatic carbocycles. The van der Waals surface area contributed by atoms with Crippen molar-refractivity contribution in [3.8, 4) is 5.69 Å². The summed E-state index contributed by atoms with van der Waals surface area (Å²) in [5.74, 6) is -0.0930. The summed E-state index contributed by atoms with van der Waals surface area (Å²) in [7, 11) is 0. The summed E-state index contributed by atoms with van der Waals surface area (Å²) in [6, 6.07) is 9.48. The molecule has 1 aliphatic carbocycles. The van der Waals surface area contributed by atoms with Gasteiger partial charge in [0.05, 0.1) is 11.4 Å². The molecule has 0 atom stereocenters. The highest BCUT2D eigenvalue weighted by Crippen LogP contribution is 2.30. The summed E-state index contributed by atoms with van der Waals surface area (Å²) < 4.78 is 0. The molecule has 2 fully saturated rings. The molecule has 0 radical (unpaired) electrons. The van der Waals surface area contributed by atoms with Crippen LogP contribution in [0.2, 0.25) is 0 Å². The predicted octanol–water partition coefficient (Wildman–Crippen LogP) is 1.97. The predicted molar refractivity (Wildman–Crippen MR) is 90.8 cm³/mol. The second-order valence-electron chi connectivity index (χ2n) is 6.63. The zero-order chi connectivity index (χ0) is 17.4. The Balaban J connectivity index is 1.58. The molecule has 2 aromatic rings. The topological polar surface area (TPSA) is 71.3 Å². The first-order chi connectivity index (χ1) is 12.1. The van der Waals surface area contributed by atoms with Crippen LogP contribution in [0, 0.1) is 12.8 Å². The van der Waals surface area contributed by atoms with Gasteiger partial charge in [-0.3, -0.25) is 14.6 Å². The van der Waals surface area contributed by atoms with E-state index in [1.807, 2.05) is 30.3 Å². The molecule has 4 rings (SSSR count). The maximum atomic E-state index is 13.0. The Labute approximate surface area is 146 Å². The Morgan fingerprint density at radius 3 is 2.40 bits per heavy atom. The lowest BCUT2D eigenvalue weighted by Crippen LogP contribution is -2.48. The molecule has 0 bridgehead atoms. The van der Waals surface area contributed by atoms with Crippen LogP contribution in [0.15, 0.2) is 30.3 Å². The van der Waals surface area contributed by atoms with Gasteiger partial charge in [-0.2, -0.15) is 9.90 Å². The molecule has 2 heterocycles. The third-order valence-corrected chi connectivity index (χ3v) is 4.95. The number of amides is 2. The van der Waals surface area contributed by atoms with Crippen molar-refractivity contribution in [3.05, 3.63) is 41.7 Å². The summed E-state index contributed by atoms with van der Waals surface area (Å²) in [6.45, 7) is 2.93. The van der Waals surface area contributed by atoms with Crippen LogP contribution in [-0.2, 0) is 4.79 Å². The van der Waals surface area contributed by atoms with Crippen molar-refractivity contribution in [1.29, 1.82) is 0 Å².